The summed E-state index contributed by atoms with van der Waals surface area (Å²) in [7, 11) is 0. The van der Waals surface area contributed by atoms with Gasteiger partial charge in [0.05, 0.1) is 6.54 Å². The number of anilines is 1. The van der Waals surface area contributed by atoms with Crippen LogP contribution in [-0.4, -0.2) is 25.0 Å². The van der Waals surface area contributed by atoms with Gasteiger partial charge < -0.3 is 15.4 Å². The number of hydrogen-bond acceptors (Lipinski definition) is 3. The first-order chi connectivity index (χ1) is 12.2. The van der Waals surface area contributed by atoms with Gasteiger partial charge in [-0.15, -0.1) is 0 Å². The van der Waals surface area contributed by atoms with Crippen LogP contribution in [0.15, 0.2) is 48.5 Å². The number of carbonyl (C=O) groups excluding carboxylic acids is 2. The number of carbonyl (C=O) groups is 2. The number of amides is 2. The highest BCUT2D eigenvalue weighted by atomic mass is 16.5. The maximum Gasteiger partial charge on any atom is 0.258 e. The van der Waals surface area contributed by atoms with Gasteiger partial charge >= 0.3 is 0 Å². The van der Waals surface area contributed by atoms with E-state index in [0.717, 1.165) is 24.9 Å². The van der Waals surface area contributed by atoms with E-state index < -0.39 is 0 Å². The maximum atomic E-state index is 12.1. The molecule has 2 aromatic rings. The predicted octanol–water partition coefficient (Wildman–Crippen LogP) is 2.70. The molecule has 0 heterocycles. The van der Waals surface area contributed by atoms with E-state index >= 15 is 0 Å². The number of rotatable bonds is 6. The molecule has 1 aliphatic rings. The van der Waals surface area contributed by atoms with E-state index in [0.29, 0.717) is 5.75 Å². The summed E-state index contributed by atoms with van der Waals surface area (Å²) in [5, 5.41) is 5.48. The van der Waals surface area contributed by atoms with Gasteiger partial charge in [0, 0.05) is 5.69 Å². The fourth-order valence-corrected chi connectivity index (χ4v) is 2.99. The molecule has 0 saturated heterocycles. The second-order valence-corrected chi connectivity index (χ2v) is 6.08. The Labute approximate surface area is 147 Å². The smallest absolute Gasteiger partial charge is 0.258 e. The number of para-hydroxylation sites is 1. The van der Waals surface area contributed by atoms with Gasteiger partial charge in [-0.3, -0.25) is 9.59 Å². The summed E-state index contributed by atoms with van der Waals surface area (Å²) in [4.78, 5) is 23.9. The Bertz CT molecular complexity index is 744. The molecule has 0 fully saturated rings. The van der Waals surface area contributed by atoms with Crippen molar-refractivity contribution < 1.29 is 14.3 Å². The molecule has 130 valence electrons. The number of benzene rings is 2. The Kier molecular flexibility index (Phi) is 5.67. The molecule has 2 aromatic carbocycles. The van der Waals surface area contributed by atoms with Crippen molar-refractivity contribution in [1.29, 1.82) is 0 Å². The van der Waals surface area contributed by atoms with E-state index in [-0.39, 0.29) is 25.0 Å². The van der Waals surface area contributed by atoms with Crippen molar-refractivity contribution in [3.63, 3.8) is 0 Å². The van der Waals surface area contributed by atoms with Crippen LogP contribution in [-0.2, 0) is 22.4 Å². The molecular formula is C20H22N2O3. The van der Waals surface area contributed by atoms with Crippen LogP contribution in [0.25, 0.3) is 0 Å². The normalized spacial score (nSPS) is 12.8. The lowest BCUT2D eigenvalue weighted by molar-refractivity contribution is -0.125. The standard InChI is InChI=1S/C20H22N2O3/c23-19(13-21-20(24)14-25-16-9-2-1-3-10-16)22-18-12-6-8-15-7-4-5-11-17(15)18/h1-3,6,8-10,12H,4-5,7,11,13-14H2,(H,21,24)(H,22,23). The van der Waals surface area contributed by atoms with Crippen LogP contribution in [0.3, 0.4) is 0 Å². The van der Waals surface area contributed by atoms with E-state index in [4.69, 9.17) is 4.74 Å². The molecule has 25 heavy (non-hydrogen) atoms. The van der Waals surface area contributed by atoms with Crippen LogP contribution in [0.2, 0.25) is 0 Å². The quantitative estimate of drug-likeness (QED) is 0.851. The second kappa shape index (κ2) is 8.33. The molecule has 0 saturated carbocycles. The van der Waals surface area contributed by atoms with Gasteiger partial charge in [0.2, 0.25) is 5.91 Å². The first kappa shape index (κ1) is 17.0. The minimum atomic E-state index is -0.325. The zero-order valence-corrected chi connectivity index (χ0v) is 14.1. The molecule has 0 radical (unpaired) electrons. The Morgan fingerprint density at radius 3 is 2.56 bits per heavy atom. The largest absolute Gasteiger partial charge is 0.484 e. The van der Waals surface area contributed by atoms with Crippen molar-refractivity contribution in [2.75, 3.05) is 18.5 Å². The van der Waals surface area contributed by atoms with Crippen molar-refractivity contribution in [1.82, 2.24) is 5.32 Å². The van der Waals surface area contributed by atoms with Crippen LogP contribution < -0.4 is 15.4 Å². The summed E-state index contributed by atoms with van der Waals surface area (Å²) in [6.07, 6.45) is 4.39. The van der Waals surface area contributed by atoms with Gasteiger partial charge in [0.1, 0.15) is 5.75 Å². The molecule has 1 aliphatic carbocycles. The van der Waals surface area contributed by atoms with Gasteiger partial charge in [0.15, 0.2) is 6.61 Å². The van der Waals surface area contributed by atoms with E-state index in [1.165, 1.54) is 17.5 Å². The molecule has 0 bridgehead atoms. The lowest BCUT2D eigenvalue weighted by Crippen LogP contribution is -2.36. The third kappa shape index (κ3) is 4.83. The molecule has 3 rings (SSSR count). The molecule has 0 aromatic heterocycles. The molecule has 0 atom stereocenters. The van der Waals surface area contributed by atoms with E-state index in [9.17, 15) is 9.59 Å². The minimum Gasteiger partial charge on any atom is -0.484 e. The summed E-state index contributed by atoms with van der Waals surface area (Å²) >= 11 is 0. The van der Waals surface area contributed by atoms with E-state index in [1.807, 2.05) is 30.3 Å². The van der Waals surface area contributed by atoms with Crippen LogP contribution in [0.1, 0.15) is 24.0 Å². The molecule has 0 spiro atoms. The molecule has 5 heteroatoms. The van der Waals surface area contributed by atoms with Gasteiger partial charge in [-0.1, -0.05) is 30.3 Å². The van der Waals surface area contributed by atoms with Crippen molar-refractivity contribution >= 4 is 17.5 Å². The predicted molar refractivity (Wildman–Crippen MR) is 96.7 cm³/mol. The van der Waals surface area contributed by atoms with Crippen molar-refractivity contribution in [2.45, 2.75) is 25.7 Å². The van der Waals surface area contributed by atoms with Gasteiger partial charge in [0.25, 0.3) is 5.91 Å². The highest BCUT2D eigenvalue weighted by molar-refractivity contribution is 5.95. The Hall–Kier alpha value is -2.82. The zero-order valence-electron chi connectivity index (χ0n) is 14.1. The summed E-state index contributed by atoms with van der Waals surface area (Å²) in [6.45, 7) is -0.182. The van der Waals surface area contributed by atoms with Crippen LogP contribution in [0.5, 0.6) is 5.75 Å². The van der Waals surface area contributed by atoms with Crippen LogP contribution in [0.4, 0.5) is 5.69 Å². The molecule has 2 N–H and O–H groups in total. The van der Waals surface area contributed by atoms with Crippen LogP contribution >= 0.6 is 0 Å². The SMILES string of the molecule is O=C(COc1ccccc1)NCC(=O)Nc1cccc2c1CCCC2. The summed E-state index contributed by atoms with van der Waals surface area (Å²) in [6, 6.07) is 15.1. The molecule has 0 aliphatic heterocycles. The molecule has 5 nitrogen and oxygen atoms in total. The minimum absolute atomic E-state index is 0.0688. The highest BCUT2D eigenvalue weighted by Gasteiger charge is 2.14. The van der Waals surface area contributed by atoms with Gasteiger partial charge in [-0.05, 0) is 55.0 Å². The van der Waals surface area contributed by atoms with Gasteiger partial charge in [-0.2, -0.15) is 0 Å². The summed E-state index contributed by atoms with van der Waals surface area (Å²) < 4.78 is 5.35. The number of hydrogen-bond donors (Lipinski definition) is 2. The monoisotopic (exact) mass is 338 g/mol. The molecule has 0 unspecified atom stereocenters. The lowest BCUT2D eigenvalue weighted by atomic mass is 9.90. The van der Waals surface area contributed by atoms with Crippen LogP contribution in [0, 0.1) is 0 Å². The number of nitrogens with one attached hydrogen (secondary N) is 2. The van der Waals surface area contributed by atoms with Crippen molar-refractivity contribution in [3.8, 4) is 5.75 Å². The zero-order chi connectivity index (χ0) is 17.5. The summed E-state index contributed by atoms with van der Waals surface area (Å²) in [5.74, 6) is 0.0687. The Morgan fingerprint density at radius 1 is 0.920 bits per heavy atom. The first-order valence-electron chi connectivity index (χ1n) is 8.57. The number of fused-ring (bicyclic) bond motifs is 1. The topological polar surface area (TPSA) is 67.4 Å². The maximum absolute atomic E-state index is 12.1. The molecule has 2 amide bonds. The lowest BCUT2D eigenvalue weighted by Gasteiger charge is -2.19. The Morgan fingerprint density at radius 2 is 1.72 bits per heavy atom. The van der Waals surface area contributed by atoms with Gasteiger partial charge in [-0.25, -0.2) is 0 Å². The fourth-order valence-electron chi connectivity index (χ4n) is 2.99. The average molecular weight is 338 g/mol. The number of aryl methyl sites for hydroxylation is 1. The second-order valence-electron chi connectivity index (χ2n) is 6.08. The first-order valence-corrected chi connectivity index (χ1v) is 8.57. The van der Waals surface area contributed by atoms with E-state index in [1.54, 1.807) is 12.1 Å². The summed E-state index contributed by atoms with van der Waals surface area (Å²) in [5.41, 5.74) is 3.39. The molecular weight excluding hydrogens is 316 g/mol. The highest BCUT2D eigenvalue weighted by Crippen LogP contribution is 2.27. The average Bonchev–Trinajstić information content (AvgIpc) is 2.66. The van der Waals surface area contributed by atoms with Crippen molar-refractivity contribution in [3.05, 3.63) is 59.7 Å². The third-order valence-electron chi connectivity index (χ3n) is 4.23. The van der Waals surface area contributed by atoms with E-state index in [2.05, 4.69) is 16.7 Å². The number of ether oxygens (including phenoxy) is 1. The third-order valence-corrected chi connectivity index (χ3v) is 4.23. The van der Waals surface area contributed by atoms with Crippen molar-refractivity contribution in [2.24, 2.45) is 0 Å². The fraction of sp³-hybridized carbons (Fsp3) is 0.300. The Balaban J connectivity index is 1.46.